The van der Waals surface area contributed by atoms with Gasteiger partial charge in [0.15, 0.2) is 0 Å². The van der Waals surface area contributed by atoms with Crippen LogP contribution in [0.15, 0.2) is 22.7 Å². The molecular weight excluding hydrogens is 299 g/mol. The SMILES string of the molecule is Cc1ccc(-c2noc(CN3CCCC[C@H]3C(N)=O)n2)cc1F. The molecule has 3 rings (SSSR count). The largest absolute Gasteiger partial charge is 0.368 e. The zero-order valence-electron chi connectivity index (χ0n) is 13.0. The first-order valence-electron chi connectivity index (χ1n) is 7.67. The van der Waals surface area contributed by atoms with Gasteiger partial charge in [-0.1, -0.05) is 23.7 Å². The van der Waals surface area contributed by atoms with Gasteiger partial charge in [0.25, 0.3) is 0 Å². The van der Waals surface area contributed by atoms with Gasteiger partial charge in [-0.15, -0.1) is 0 Å². The molecule has 1 aromatic carbocycles. The maximum absolute atomic E-state index is 13.6. The van der Waals surface area contributed by atoms with Crippen molar-refractivity contribution in [2.24, 2.45) is 5.73 Å². The van der Waals surface area contributed by atoms with Crippen LogP contribution in [0.5, 0.6) is 0 Å². The molecule has 1 atom stereocenters. The number of aromatic nitrogens is 2. The van der Waals surface area contributed by atoms with Gasteiger partial charge in [-0.05, 0) is 37.9 Å². The van der Waals surface area contributed by atoms with Crippen LogP contribution in [0.4, 0.5) is 4.39 Å². The molecule has 0 saturated carbocycles. The standard InChI is InChI=1S/C16H19FN4O2/c1-10-5-6-11(8-12(10)17)16-19-14(23-20-16)9-21-7-3-2-4-13(21)15(18)22/h5-6,8,13H,2-4,7,9H2,1H3,(H2,18,22)/t13-/m0/s1. The van der Waals surface area contributed by atoms with E-state index in [1.165, 1.54) is 6.07 Å². The monoisotopic (exact) mass is 318 g/mol. The van der Waals surface area contributed by atoms with Crippen molar-refractivity contribution in [3.05, 3.63) is 35.5 Å². The summed E-state index contributed by atoms with van der Waals surface area (Å²) < 4.78 is 18.9. The predicted molar refractivity (Wildman–Crippen MR) is 81.7 cm³/mol. The zero-order valence-corrected chi connectivity index (χ0v) is 13.0. The van der Waals surface area contributed by atoms with E-state index in [-0.39, 0.29) is 17.8 Å². The summed E-state index contributed by atoms with van der Waals surface area (Å²) in [6, 6.07) is 4.52. The number of likely N-dealkylation sites (tertiary alicyclic amines) is 1. The number of primary amides is 1. The number of hydrogen-bond acceptors (Lipinski definition) is 5. The average molecular weight is 318 g/mol. The number of hydrogen-bond donors (Lipinski definition) is 1. The van der Waals surface area contributed by atoms with E-state index in [4.69, 9.17) is 10.3 Å². The number of halogens is 1. The van der Waals surface area contributed by atoms with E-state index in [0.29, 0.717) is 29.4 Å². The molecule has 7 heteroatoms. The Kier molecular flexibility index (Phi) is 4.38. The van der Waals surface area contributed by atoms with E-state index in [2.05, 4.69) is 10.1 Å². The number of carbonyl (C=O) groups excluding carboxylic acids is 1. The van der Waals surface area contributed by atoms with Crippen molar-refractivity contribution in [3.8, 4) is 11.4 Å². The Morgan fingerprint density at radius 2 is 2.30 bits per heavy atom. The van der Waals surface area contributed by atoms with Crippen LogP contribution in [0.2, 0.25) is 0 Å². The molecule has 0 spiro atoms. The fraction of sp³-hybridized carbons (Fsp3) is 0.438. The quantitative estimate of drug-likeness (QED) is 0.932. The second-order valence-corrected chi connectivity index (χ2v) is 5.86. The average Bonchev–Trinajstić information content (AvgIpc) is 2.99. The molecule has 0 radical (unpaired) electrons. The van der Waals surface area contributed by atoms with Gasteiger partial charge >= 0.3 is 0 Å². The molecule has 2 aromatic rings. The van der Waals surface area contributed by atoms with Crippen molar-refractivity contribution in [1.29, 1.82) is 0 Å². The minimum Gasteiger partial charge on any atom is -0.368 e. The Morgan fingerprint density at radius 3 is 3.04 bits per heavy atom. The molecule has 1 fully saturated rings. The van der Waals surface area contributed by atoms with E-state index in [0.717, 1.165) is 25.8 Å². The Bertz CT molecular complexity index is 716. The first-order valence-corrected chi connectivity index (χ1v) is 7.67. The van der Waals surface area contributed by atoms with Crippen LogP contribution >= 0.6 is 0 Å². The number of amides is 1. The molecule has 6 nitrogen and oxygen atoms in total. The Balaban J connectivity index is 1.76. The van der Waals surface area contributed by atoms with Crippen molar-refractivity contribution in [2.75, 3.05) is 6.54 Å². The Labute approximate surface area is 133 Å². The highest BCUT2D eigenvalue weighted by molar-refractivity contribution is 5.79. The lowest BCUT2D eigenvalue weighted by molar-refractivity contribution is -0.124. The number of benzene rings is 1. The lowest BCUT2D eigenvalue weighted by Gasteiger charge is -2.32. The molecule has 122 valence electrons. The first kappa shape index (κ1) is 15.6. The maximum Gasteiger partial charge on any atom is 0.241 e. The predicted octanol–water partition coefficient (Wildman–Crippen LogP) is 2.02. The van der Waals surface area contributed by atoms with Crippen molar-refractivity contribution in [3.63, 3.8) is 0 Å². The normalized spacial score (nSPS) is 19.0. The summed E-state index contributed by atoms with van der Waals surface area (Å²) >= 11 is 0. The van der Waals surface area contributed by atoms with Crippen molar-refractivity contribution in [1.82, 2.24) is 15.0 Å². The highest BCUT2D eigenvalue weighted by Crippen LogP contribution is 2.22. The molecule has 1 saturated heterocycles. The molecule has 0 bridgehead atoms. The topological polar surface area (TPSA) is 85.3 Å². The molecule has 0 aliphatic carbocycles. The summed E-state index contributed by atoms with van der Waals surface area (Å²) in [5.41, 5.74) is 6.58. The smallest absolute Gasteiger partial charge is 0.241 e. The molecule has 0 unspecified atom stereocenters. The van der Waals surface area contributed by atoms with E-state index in [1.807, 2.05) is 4.90 Å². The van der Waals surface area contributed by atoms with Gasteiger partial charge in [0.05, 0.1) is 12.6 Å². The molecule has 2 N–H and O–H groups in total. The number of nitrogens with zero attached hydrogens (tertiary/aromatic N) is 3. The van der Waals surface area contributed by atoms with Crippen LogP contribution in [0.25, 0.3) is 11.4 Å². The third-order valence-electron chi connectivity index (χ3n) is 4.18. The fourth-order valence-electron chi connectivity index (χ4n) is 2.84. The summed E-state index contributed by atoms with van der Waals surface area (Å²) in [5.74, 6) is 0.101. The molecule has 1 aromatic heterocycles. The lowest BCUT2D eigenvalue weighted by Crippen LogP contribution is -2.47. The van der Waals surface area contributed by atoms with Crippen LogP contribution in [0, 0.1) is 12.7 Å². The van der Waals surface area contributed by atoms with Crippen LogP contribution in [-0.2, 0) is 11.3 Å². The third-order valence-corrected chi connectivity index (χ3v) is 4.18. The third kappa shape index (κ3) is 3.39. The van der Waals surface area contributed by atoms with Gasteiger partial charge in [0.2, 0.25) is 17.6 Å². The maximum atomic E-state index is 13.6. The number of rotatable bonds is 4. The van der Waals surface area contributed by atoms with Gasteiger partial charge in [0, 0.05) is 5.56 Å². The number of piperidine rings is 1. The van der Waals surface area contributed by atoms with Crippen molar-refractivity contribution >= 4 is 5.91 Å². The van der Waals surface area contributed by atoms with Gasteiger partial charge in [-0.25, -0.2) is 4.39 Å². The van der Waals surface area contributed by atoms with Crippen LogP contribution in [0.3, 0.4) is 0 Å². The Hall–Kier alpha value is -2.28. The number of carbonyl (C=O) groups is 1. The molecular formula is C16H19FN4O2. The summed E-state index contributed by atoms with van der Waals surface area (Å²) in [6.07, 6.45) is 2.75. The summed E-state index contributed by atoms with van der Waals surface area (Å²) in [4.78, 5) is 17.8. The van der Waals surface area contributed by atoms with E-state index < -0.39 is 0 Å². The number of nitrogens with two attached hydrogens (primary N) is 1. The number of aryl methyl sites for hydroxylation is 1. The zero-order chi connectivity index (χ0) is 16.4. The summed E-state index contributed by atoms with van der Waals surface area (Å²) in [6.45, 7) is 2.83. The van der Waals surface area contributed by atoms with Crippen LogP contribution in [0.1, 0.15) is 30.7 Å². The van der Waals surface area contributed by atoms with Crippen molar-refractivity contribution in [2.45, 2.75) is 38.8 Å². The molecule has 2 heterocycles. The molecule has 1 amide bonds. The summed E-state index contributed by atoms with van der Waals surface area (Å²) in [7, 11) is 0. The second-order valence-electron chi connectivity index (χ2n) is 5.86. The lowest BCUT2D eigenvalue weighted by atomic mass is 10.0. The van der Waals surface area contributed by atoms with Gasteiger partial charge in [0.1, 0.15) is 5.82 Å². The van der Waals surface area contributed by atoms with E-state index in [9.17, 15) is 9.18 Å². The van der Waals surface area contributed by atoms with E-state index >= 15 is 0 Å². The Morgan fingerprint density at radius 1 is 1.48 bits per heavy atom. The highest BCUT2D eigenvalue weighted by Gasteiger charge is 2.28. The summed E-state index contributed by atoms with van der Waals surface area (Å²) in [5, 5.41) is 3.90. The molecule has 23 heavy (non-hydrogen) atoms. The molecule has 1 aliphatic heterocycles. The van der Waals surface area contributed by atoms with Crippen molar-refractivity contribution < 1.29 is 13.7 Å². The fourth-order valence-corrected chi connectivity index (χ4v) is 2.84. The van der Waals surface area contributed by atoms with Gasteiger partial charge < -0.3 is 10.3 Å². The molecule has 1 aliphatic rings. The highest BCUT2D eigenvalue weighted by atomic mass is 19.1. The minimum atomic E-state index is -0.329. The van der Waals surface area contributed by atoms with Gasteiger partial charge in [-0.3, -0.25) is 9.69 Å². The van der Waals surface area contributed by atoms with Gasteiger partial charge in [-0.2, -0.15) is 4.98 Å². The van der Waals surface area contributed by atoms with Crippen LogP contribution in [-0.4, -0.2) is 33.5 Å². The van der Waals surface area contributed by atoms with E-state index in [1.54, 1.807) is 19.1 Å². The first-order chi connectivity index (χ1) is 11.0. The van der Waals surface area contributed by atoms with Crippen LogP contribution < -0.4 is 5.73 Å². The minimum absolute atomic E-state index is 0.295. The second kappa shape index (κ2) is 6.45.